The second kappa shape index (κ2) is 4.45. The van der Waals surface area contributed by atoms with E-state index < -0.39 is 0 Å². The number of benzene rings is 1. The Hall–Kier alpha value is -1.68. The van der Waals surface area contributed by atoms with Crippen molar-refractivity contribution in [1.29, 1.82) is 0 Å². The van der Waals surface area contributed by atoms with E-state index >= 15 is 0 Å². The summed E-state index contributed by atoms with van der Waals surface area (Å²) in [6.45, 7) is 1.89. The summed E-state index contributed by atoms with van der Waals surface area (Å²) in [7, 11) is 0. The quantitative estimate of drug-likeness (QED) is 0.865. The number of hydrogen-bond donors (Lipinski definition) is 1. The van der Waals surface area contributed by atoms with Crippen LogP contribution in [0.1, 0.15) is 11.3 Å². The van der Waals surface area contributed by atoms with Gasteiger partial charge in [0.1, 0.15) is 17.3 Å². The van der Waals surface area contributed by atoms with Crippen molar-refractivity contribution in [1.82, 2.24) is 5.16 Å². The summed E-state index contributed by atoms with van der Waals surface area (Å²) in [6.07, 6.45) is 0.418. The number of hydrogen-bond acceptors (Lipinski definition) is 3. The van der Waals surface area contributed by atoms with Crippen molar-refractivity contribution in [2.75, 3.05) is 6.61 Å². The first-order valence-corrected chi connectivity index (χ1v) is 5.03. The number of nitrogens with zero attached hydrogens (tertiary/aromatic N) is 1. The predicted molar refractivity (Wildman–Crippen MR) is 57.4 cm³/mol. The van der Waals surface area contributed by atoms with Crippen LogP contribution in [-0.4, -0.2) is 16.9 Å². The second-order valence-electron chi connectivity index (χ2n) is 3.61. The van der Waals surface area contributed by atoms with Crippen molar-refractivity contribution in [3.63, 3.8) is 0 Å². The van der Waals surface area contributed by atoms with Crippen molar-refractivity contribution >= 4 is 0 Å². The number of aryl methyl sites for hydroxylation is 1. The van der Waals surface area contributed by atoms with E-state index in [4.69, 9.17) is 9.63 Å². The zero-order valence-electron chi connectivity index (χ0n) is 8.90. The minimum atomic E-state index is -0.299. The molecule has 2 rings (SSSR count). The van der Waals surface area contributed by atoms with Crippen LogP contribution in [0.15, 0.2) is 28.8 Å². The highest BCUT2D eigenvalue weighted by atomic mass is 19.1. The summed E-state index contributed by atoms with van der Waals surface area (Å²) in [5.41, 5.74) is 2.25. The molecular formula is C12H12FNO2. The van der Waals surface area contributed by atoms with Gasteiger partial charge in [0.25, 0.3) is 0 Å². The molecule has 2 aromatic rings. The molecular weight excluding hydrogens is 209 g/mol. The van der Waals surface area contributed by atoms with E-state index in [2.05, 4.69) is 5.16 Å². The predicted octanol–water partition coefficient (Wildman–Crippen LogP) is 2.32. The Morgan fingerprint density at radius 3 is 2.94 bits per heavy atom. The van der Waals surface area contributed by atoms with E-state index in [0.717, 1.165) is 5.56 Å². The van der Waals surface area contributed by atoms with Crippen LogP contribution < -0.4 is 0 Å². The summed E-state index contributed by atoms with van der Waals surface area (Å²) in [5.74, 6) is 0.300. The van der Waals surface area contributed by atoms with Gasteiger partial charge in [0.15, 0.2) is 0 Å². The first kappa shape index (κ1) is 10.8. The van der Waals surface area contributed by atoms with E-state index in [1.807, 2.05) is 6.92 Å². The summed E-state index contributed by atoms with van der Waals surface area (Å²) in [5, 5.41) is 12.6. The minimum Gasteiger partial charge on any atom is -0.396 e. The van der Waals surface area contributed by atoms with E-state index in [1.54, 1.807) is 12.1 Å². The van der Waals surface area contributed by atoms with Crippen molar-refractivity contribution in [2.24, 2.45) is 0 Å². The average molecular weight is 221 g/mol. The normalized spacial score (nSPS) is 10.7. The van der Waals surface area contributed by atoms with Gasteiger partial charge in [0, 0.05) is 18.1 Å². The Labute approximate surface area is 92.5 Å². The lowest BCUT2D eigenvalue weighted by molar-refractivity contribution is 0.277. The fourth-order valence-corrected chi connectivity index (χ4v) is 1.54. The van der Waals surface area contributed by atoms with Crippen LogP contribution in [-0.2, 0) is 6.42 Å². The molecule has 0 radical (unpaired) electrons. The monoisotopic (exact) mass is 221 g/mol. The van der Waals surface area contributed by atoms with Gasteiger partial charge in [0.2, 0.25) is 0 Å². The molecule has 3 nitrogen and oxygen atoms in total. The van der Waals surface area contributed by atoms with Gasteiger partial charge in [-0.2, -0.15) is 0 Å². The van der Waals surface area contributed by atoms with Crippen LogP contribution in [0, 0.1) is 12.7 Å². The maximum Gasteiger partial charge on any atom is 0.139 e. The molecule has 4 heteroatoms. The van der Waals surface area contributed by atoms with Gasteiger partial charge in [-0.3, -0.25) is 0 Å². The number of aliphatic hydroxyl groups excluding tert-OH is 1. The van der Waals surface area contributed by atoms with E-state index in [1.165, 1.54) is 12.1 Å². The van der Waals surface area contributed by atoms with Gasteiger partial charge in [0.05, 0.1) is 6.61 Å². The molecule has 0 atom stereocenters. The second-order valence-corrected chi connectivity index (χ2v) is 3.61. The number of rotatable bonds is 3. The first-order valence-electron chi connectivity index (χ1n) is 5.03. The Bertz CT molecular complexity index is 494. The molecule has 0 saturated carbocycles. The molecule has 0 amide bonds. The number of aliphatic hydroxyl groups is 1. The van der Waals surface area contributed by atoms with Crippen LogP contribution in [0.5, 0.6) is 0 Å². The largest absolute Gasteiger partial charge is 0.396 e. The molecule has 16 heavy (non-hydrogen) atoms. The van der Waals surface area contributed by atoms with Crippen LogP contribution in [0.25, 0.3) is 11.3 Å². The topological polar surface area (TPSA) is 46.3 Å². The van der Waals surface area contributed by atoms with Gasteiger partial charge in [-0.15, -0.1) is 0 Å². The van der Waals surface area contributed by atoms with Gasteiger partial charge in [-0.05, 0) is 24.6 Å². The van der Waals surface area contributed by atoms with Gasteiger partial charge < -0.3 is 9.63 Å². The Kier molecular flexibility index (Phi) is 3.01. The third-order valence-corrected chi connectivity index (χ3v) is 2.39. The van der Waals surface area contributed by atoms with Crippen molar-refractivity contribution < 1.29 is 14.0 Å². The molecule has 0 fully saturated rings. The lowest BCUT2D eigenvalue weighted by atomic mass is 10.1. The number of aromatic nitrogens is 1. The summed E-state index contributed by atoms with van der Waals surface area (Å²) in [6, 6.07) is 6.26. The number of halogens is 1. The molecule has 0 bridgehead atoms. The lowest BCUT2D eigenvalue weighted by Crippen LogP contribution is -1.87. The third-order valence-electron chi connectivity index (χ3n) is 2.39. The Morgan fingerprint density at radius 1 is 1.38 bits per heavy atom. The lowest BCUT2D eigenvalue weighted by Gasteiger charge is -2.00. The van der Waals surface area contributed by atoms with Crippen molar-refractivity contribution in [3.8, 4) is 11.3 Å². The van der Waals surface area contributed by atoms with Crippen molar-refractivity contribution in [2.45, 2.75) is 13.3 Å². The third kappa shape index (κ3) is 2.12. The van der Waals surface area contributed by atoms with Crippen LogP contribution in [0.2, 0.25) is 0 Å². The maximum absolute atomic E-state index is 13.1. The molecule has 0 spiro atoms. The fraction of sp³-hybridized carbons (Fsp3) is 0.250. The molecule has 1 aromatic heterocycles. The fourth-order valence-electron chi connectivity index (χ4n) is 1.54. The molecule has 84 valence electrons. The maximum atomic E-state index is 13.1. The highest BCUT2D eigenvalue weighted by Crippen LogP contribution is 2.23. The van der Waals surface area contributed by atoms with Gasteiger partial charge >= 0.3 is 0 Å². The van der Waals surface area contributed by atoms with Gasteiger partial charge in [-0.1, -0.05) is 11.2 Å². The zero-order chi connectivity index (χ0) is 11.5. The first-order chi connectivity index (χ1) is 7.70. The highest BCUT2D eigenvalue weighted by molar-refractivity contribution is 5.63. The molecule has 0 aliphatic rings. The zero-order valence-corrected chi connectivity index (χ0v) is 8.90. The Balaban J connectivity index is 2.38. The van der Waals surface area contributed by atoms with E-state index in [0.29, 0.717) is 23.4 Å². The molecule has 0 aliphatic carbocycles. The molecule has 1 aromatic carbocycles. The SMILES string of the molecule is Cc1ccc(F)cc1-c1cc(CCO)on1. The van der Waals surface area contributed by atoms with Crippen LogP contribution in [0.4, 0.5) is 4.39 Å². The van der Waals surface area contributed by atoms with Crippen LogP contribution >= 0.6 is 0 Å². The smallest absolute Gasteiger partial charge is 0.139 e. The highest BCUT2D eigenvalue weighted by Gasteiger charge is 2.09. The molecule has 0 saturated heterocycles. The van der Waals surface area contributed by atoms with Crippen molar-refractivity contribution in [3.05, 3.63) is 41.4 Å². The van der Waals surface area contributed by atoms with Crippen LogP contribution in [0.3, 0.4) is 0 Å². The van der Waals surface area contributed by atoms with E-state index in [9.17, 15) is 4.39 Å². The summed E-state index contributed by atoms with van der Waals surface area (Å²) in [4.78, 5) is 0. The average Bonchev–Trinajstić information content (AvgIpc) is 2.71. The molecule has 1 N–H and O–H groups in total. The standard InChI is InChI=1S/C12H12FNO2/c1-8-2-3-9(13)6-11(8)12-7-10(4-5-15)16-14-12/h2-3,6-7,15H,4-5H2,1H3. The Morgan fingerprint density at radius 2 is 2.19 bits per heavy atom. The molecule has 0 unspecified atom stereocenters. The molecule has 0 aliphatic heterocycles. The minimum absolute atomic E-state index is 0.0107. The summed E-state index contributed by atoms with van der Waals surface area (Å²) >= 11 is 0. The van der Waals surface area contributed by atoms with E-state index in [-0.39, 0.29) is 12.4 Å². The summed E-state index contributed by atoms with van der Waals surface area (Å²) < 4.78 is 18.1. The van der Waals surface area contributed by atoms with Gasteiger partial charge in [-0.25, -0.2) is 4.39 Å². The molecule has 1 heterocycles.